The molecule has 4 rings (SSSR count). The average molecular weight is 346 g/mol. The van der Waals surface area contributed by atoms with E-state index in [2.05, 4.69) is 36.3 Å². The summed E-state index contributed by atoms with van der Waals surface area (Å²) in [6, 6.07) is 16.3. The summed E-state index contributed by atoms with van der Waals surface area (Å²) in [6.45, 7) is 4.01. The number of aromatic nitrogens is 2. The van der Waals surface area contributed by atoms with Crippen LogP contribution in [0.2, 0.25) is 0 Å². The molecule has 1 aromatic heterocycles. The van der Waals surface area contributed by atoms with Gasteiger partial charge in [0.2, 0.25) is 0 Å². The smallest absolute Gasteiger partial charge is 0.167 e. The maximum atomic E-state index is 12.8. The summed E-state index contributed by atoms with van der Waals surface area (Å²) in [4.78, 5) is 12.8. The van der Waals surface area contributed by atoms with E-state index in [1.807, 2.05) is 35.9 Å². The molecule has 1 heterocycles. The van der Waals surface area contributed by atoms with Crippen LogP contribution in [0.1, 0.15) is 45.2 Å². The highest BCUT2D eigenvalue weighted by molar-refractivity contribution is 6.00. The number of methoxy groups -OCH3 is 1. The van der Waals surface area contributed by atoms with Crippen LogP contribution < -0.4 is 4.74 Å². The molecular weight excluding hydrogens is 324 g/mol. The number of ketones is 1. The number of carbonyl (C=O) groups excluding carboxylic acids is 1. The lowest BCUT2D eigenvalue weighted by Crippen LogP contribution is -2.20. The number of ether oxygens (including phenoxy) is 1. The maximum Gasteiger partial charge on any atom is 0.167 e. The van der Waals surface area contributed by atoms with Gasteiger partial charge < -0.3 is 4.74 Å². The maximum absolute atomic E-state index is 12.8. The molecule has 0 amide bonds. The summed E-state index contributed by atoms with van der Waals surface area (Å²) in [5.74, 6) is 1.19. The molecule has 2 aromatic carbocycles. The number of carbonyl (C=O) groups is 1. The zero-order chi connectivity index (χ0) is 18.3. The van der Waals surface area contributed by atoms with E-state index in [0.717, 1.165) is 34.8 Å². The van der Waals surface area contributed by atoms with Crippen LogP contribution in [-0.2, 0) is 6.42 Å². The largest absolute Gasteiger partial charge is 0.497 e. The lowest BCUT2D eigenvalue weighted by atomic mass is 9.81. The molecule has 26 heavy (non-hydrogen) atoms. The van der Waals surface area contributed by atoms with Gasteiger partial charge in [0.1, 0.15) is 5.75 Å². The quantitative estimate of drug-likeness (QED) is 0.705. The van der Waals surface area contributed by atoms with E-state index in [4.69, 9.17) is 4.74 Å². The van der Waals surface area contributed by atoms with Gasteiger partial charge in [0.05, 0.1) is 29.7 Å². The van der Waals surface area contributed by atoms with Crippen molar-refractivity contribution in [2.75, 3.05) is 7.11 Å². The summed E-state index contributed by atoms with van der Waals surface area (Å²) in [5.41, 5.74) is 6.02. The topological polar surface area (TPSA) is 44.1 Å². The second kappa shape index (κ2) is 6.45. The molecule has 0 bridgehead atoms. The highest BCUT2D eigenvalue weighted by atomic mass is 16.5. The van der Waals surface area contributed by atoms with E-state index in [1.165, 1.54) is 11.1 Å². The Kier molecular flexibility index (Phi) is 4.11. The van der Waals surface area contributed by atoms with E-state index < -0.39 is 0 Å². The Morgan fingerprint density at radius 3 is 2.54 bits per heavy atom. The minimum atomic E-state index is 0.190. The van der Waals surface area contributed by atoms with Crippen LogP contribution in [0, 0.1) is 13.8 Å². The van der Waals surface area contributed by atoms with Crippen molar-refractivity contribution in [3.63, 3.8) is 0 Å². The van der Waals surface area contributed by atoms with Crippen molar-refractivity contribution in [2.24, 2.45) is 0 Å². The summed E-state index contributed by atoms with van der Waals surface area (Å²) in [5, 5.41) is 4.67. The molecule has 4 nitrogen and oxygen atoms in total. The first kappa shape index (κ1) is 16.6. The van der Waals surface area contributed by atoms with Crippen LogP contribution in [-0.4, -0.2) is 22.7 Å². The van der Waals surface area contributed by atoms with E-state index in [9.17, 15) is 4.79 Å². The van der Waals surface area contributed by atoms with Crippen LogP contribution in [0.3, 0.4) is 0 Å². The van der Waals surface area contributed by atoms with Crippen LogP contribution in [0.25, 0.3) is 5.69 Å². The Morgan fingerprint density at radius 2 is 1.85 bits per heavy atom. The van der Waals surface area contributed by atoms with Gasteiger partial charge in [0, 0.05) is 6.42 Å². The molecule has 4 heteroatoms. The Labute approximate surface area is 153 Å². The number of fused-ring (bicyclic) bond motifs is 1. The SMILES string of the molecule is COc1ccc(-n2nc(C)c3c2C[C@@H](c2cccc(C)c2)CC3=O)cc1. The number of aryl methyl sites for hydroxylation is 2. The highest BCUT2D eigenvalue weighted by Crippen LogP contribution is 2.35. The van der Waals surface area contributed by atoms with Crippen LogP contribution in [0.5, 0.6) is 5.75 Å². The van der Waals surface area contributed by atoms with Crippen molar-refractivity contribution >= 4 is 5.78 Å². The Hall–Kier alpha value is -2.88. The first-order chi connectivity index (χ1) is 12.6. The van der Waals surface area contributed by atoms with Gasteiger partial charge in [-0.05, 0) is 56.0 Å². The van der Waals surface area contributed by atoms with Gasteiger partial charge in [-0.2, -0.15) is 5.10 Å². The second-order valence-corrected chi connectivity index (χ2v) is 6.96. The highest BCUT2D eigenvalue weighted by Gasteiger charge is 2.32. The molecule has 3 aromatic rings. The summed E-state index contributed by atoms with van der Waals surface area (Å²) in [7, 11) is 1.65. The zero-order valence-corrected chi connectivity index (χ0v) is 15.3. The summed E-state index contributed by atoms with van der Waals surface area (Å²) < 4.78 is 7.16. The zero-order valence-electron chi connectivity index (χ0n) is 15.3. The van der Waals surface area contributed by atoms with Gasteiger partial charge in [-0.25, -0.2) is 4.68 Å². The fourth-order valence-corrected chi connectivity index (χ4v) is 3.85. The number of nitrogens with zero attached hydrogens (tertiary/aromatic N) is 2. The van der Waals surface area contributed by atoms with E-state index in [1.54, 1.807) is 7.11 Å². The number of hydrogen-bond acceptors (Lipinski definition) is 3. The molecular formula is C22H22N2O2. The van der Waals surface area contributed by atoms with Gasteiger partial charge in [-0.3, -0.25) is 4.79 Å². The summed E-state index contributed by atoms with van der Waals surface area (Å²) in [6.07, 6.45) is 1.36. The Bertz CT molecular complexity index is 970. The predicted octanol–water partition coefficient (Wildman–Crippen LogP) is 4.41. The van der Waals surface area contributed by atoms with E-state index in [0.29, 0.717) is 6.42 Å². The van der Waals surface area contributed by atoms with Crippen molar-refractivity contribution in [3.8, 4) is 11.4 Å². The van der Waals surface area contributed by atoms with Crippen LogP contribution in [0.4, 0.5) is 0 Å². The van der Waals surface area contributed by atoms with Crippen molar-refractivity contribution in [2.45, 2.75) is 32.6 Å². The lowest BCUT2D eigenvalue weighted by molar-refractivity contribution is 0.0963. The first-order valence-corrected chi connectivity index (χ1v) is 8.89. The van der Waals surface area contributed by atoms with Gasteiger partial charge in [0.15, 0.2) is 5.78 Å². The molecule has 0 aliphatic heterocycles. The lowest BCUT2D eigenvalue weighted by Gasteiger charge is -2.23. The van der Waals surface area contributed by atoms with Gasteiger partial charge in [-0.1, -0.05) is 29.8 Å². The van der Waals surface area contributed by atoms with Gasteiger partial charge >= 0.3 is 0 Å². The fourth-order valence-electron chi connectivity index (χ4n) is 3.85. The van der Waals surface area contributed by atoms with E-state index in [-0.39, 0.29) is 11.7 Å². The van der Waals surface area contributed by atoms with E-state index >= 15 is 0 Å². The molecule has 1 atom stereocenters. The van der Waals surface area contributed by atoms with Crippen molar-refractivity contribution in [1.82, 2.24) is 9.78 Å². The van der Waals surface area contributed by atoms with Crippen molar-refractivity contribution in [1.29, 1.82) is 0 Å². The second-order valence-electron chi connectivity index (χ2n) is 6.96. The Balaban J connectivity index is 1.77. The number of rotatable bonds is 3. The molecule has 0 saturated carbocycles. The molecule has 0 unspecified atom stereocenters. The molecule has 0 N–H and O–H groups in total. The number of benzene rings is 2. The van der Waals surface area contributed by atoms with Gasteiger partial charge in [0.25, 0.3) is 0 Å². The third-order valence-corrected chi connectivity index (χ3v) is 5.14. The first-order valence-electron chi connectivity index (χ1n) is 8.89. The normalized spacial score (nSPS) is 16.4. The number of hydrogen-bond donors (Lipinski definition) is 0. The molecule has 0 radical (unpaired) electrons. The molecule has 0 saturated heterocycles. The monoisotopic (exact) mass is 346 g/mol. The summed E-state index contributed by atoms with van der Waals surface area (Å²) >= 11 is 0. The van der Waals surface area contributed by atoms with Crippen molar-refractivity contribution < 1.29 is 9.53 Å². The minimum absolute atomic E-state index is 0.190. The molecule has 0 spiro atoms. The fraction of sp³-hybridized carbons (Fsp3) is 0.273. The standard InChI is InChI=1S/C22H22N2O2/c1-14-5-4-6-16(11-14)17-12-20-22(21(25)13-17)15(2)23-24(20)18-7-9-19(26-3)10-8-18/h4-11,17H,12-13H2,1-3H3/t17-/m1/s1. The molecule has 1 aliphatic rings. The van der Waals surface area contributed by atoms with Crippen molar-refractivity contribution in [3.05, 3.63) is 76.6 Å². The Morgan fingerprint density at radius 1 is 1.08 bits per heavy atom. The third kappa shape index (κ3) is 2.81. The third-order valence-electron chi connectivity index (χ3n) is 5.14. The average Bonchev–Trinajstić information content (AvgIpc) is 2.99. The number of Topliss-reactive ketones (excluding diaryl/α,β-unsaturated/α-hetero) is 1. The predicted molar refractivity (Wildman–Crippen MR) is 101 cm³/mol. The molecule has 132 valence electrons. The van der Waals surface area contributed by atoms with Crippen LogP contribution >= 0.6 is 0 Å². The minimum Gasteiger partial charge on any atom is -0.497 e. The van der Waals surface area contributed by atoms with Gasteiger partial charge in [-0.15, -0.1) is 0 Å². The van der Waals surface area contributed by atoms with Crippen LogP contribution in [0.15, 0.2) is 48.5 Å². The molecule has 0 fully saturated rings. The molecule has 1 aliphatic carbocycles.